The van der Waals surface area contributed by atoms with Gasteiger partial charge < -0.3 is 15.3 Å². The summed E-state index contributed by atoms with van der Waals surface area (Å²) in [5, 5.41) is 4.03. The molecule has 0 aromatic rings. The molecule has 1 unspecified atom stereocenters. The minimum Gasteiger partial charge on any atom is -0.469 e. The van der Waals surface area contributed by atoms with Gasteiger partial charge in [0.25, 0.3) is 0 Å². The molecular weight excluding hydrogens is 360 g/mol. The zero-order valence-electron chi connectivity index (χ0n) is 18.0. The average molecular weight is 403 g/mol. The Bertz CT molecular complexity index is 412. The molecule has 0 aliphatic heterocycles. The number of methoxy groups -OCH3 is 1. The highest BCUT2D eigenvalue weighted by molar-refractivity contribution is 7.82. The zero-order valence-corrected chi connectivity index (χ0v) is 18.9. The van der Waals surface area contributed by atoms with Crippen LogP contribution in [0.1, 0.15) is 91.4 Å². The minimum absolute atomic E-state index is 0.243. The summed E-state index contributed by atoms with van der Waals surface area (Å²) in [4.78, 5) is 17.1. The molecule has 6 heteroatoms. The van der Waals surface area contributed by atoms with Crippen LogP contribution in [0.2, 0.25) is 0 Å². The summed E-state index contributed by atoms with van der Waals surface area (Å²) < 4.78 is 4.31. The van der Waals surface area contributed by atoms with Crippen molar-refractivity contribution < 1.29 is 14.4 Å². The third-order valence-corrected chi connectivity index (χ3v) is 4.91. The first kappa shape index (κ1) is 26.2. The molecule has 0 aliphatic rings. The number of ether oxygens (including phenoxy) is 1. The second-order valence-corrected chi connectivity index (χ2v) is 9.32. The van der Waals surface area contributed by atoms with Crippen LogP contribution in [-0.2, 0) is 14.4 Å². The molecule has 0 fully saturated rings. The van der Waals surface area contributed by atoms with E-state index in [4.69, 9.17) is 15.3 Å². The Morgan fingerprint density at radius 1 is 0.963 bits per heavy atom. The van der Waals surface area contributed by atoms with E-state index in [0.29, 0.717) is 13.0 Å². The van der Waals surface area contributed by atoms with Crippen molar-refractivity contribution in [2.24, 2.45) is 16.3 Å². The van der Waals surface area contributed by atoms with E-state index >= 15 is 0 Å². The molecule has 27 heavy (non-hydrogen) atoms. The standard InChI is InChI=1S/C21H42N2O3S/c1-20(2,19(24)25-4)17-21(3,27)18-23-26-16-14-12-10-8-6-5-7-9-11-13-15-22/h18,27H,5-17,22H2,1-4H3/b23-18+. The van der Waals surface area contributed by atoms with Gasteiger partial charge in [0.15, 0.2) is 0 Å². The summed E-state index contributed by atoms with van der Waals surface area (Å²) in [7, 11) is 1.40. The first-order chi connectivity index (χ1) is 12.7. The summed E-state index contributed by atoms with van der Waals surface area (Å²) in [6.07, 6.45) is 14.7. The normalized spacial score (nSPS) is 14.3. The highest BCUT2D eigenvalue weighted by atomic mass is 32.1. The molecule has 0 radical (unpaired) electrons. The van der Waals surface area contributed by atoms with Gasteiger partial charge in [0.1, 0.15) is 6.61 Å². The van der Waals surface area contributed by atoms with Crippen molar-refractivity contribution in [2.75, 3.05) is 20.3 Å². The Kier molecular flexibility index (Phi) is 14.8. The van der Waals surface area contributed by atoms with Crippen LogP contribution in [0.3, 0.4) is 0 Å². The Hall–Kier alpha value is -0.750. The van der Waals surface area contributed by atoms with Gasteiger partial charge in [-0.25, -0.2) is 0 Å². The molecule has 0 saturated heterocycles. The SMILES string of the molecule is COC(=O)C(C)(C)CC(C)(S)/C=N/OCCCCCCCCCCCCN. The van der Waals surface area contributed by atoms with Gasteiger partial charge in [0.2, 0.25) is 0 Å². The van der Waals surface area contributed by atoms with E-state index in [0.717, 1.165) is 19.4 Å². The van der Waals surface area contributed by atoms with Gasteiger partial charge in [-0.05, 0) is 53.0 Å². The first-order valence-corrected chi connectivity index (χ1v) is 10.9. The van der Waals surface area contributed by atoms with E-state index in [1.807, 2.05) is 20.8 Å². The van der Waals surface area contributed by atoms with Gasteiger partial charge in [-0.2, -0.15) is 12.6 Å². The molecule has 1 atom stereocenters. The molecule has 0 bridgehead atoms. The van der Waals surface area contributed by atoms with Crippen LogP contribution in [0.15, 0.2) is 5.16 Å². The van der Waals surface area contributed by atoms with E-state index in [1.165, 1.54) is 58.5 Å². The minimum atomic E-state index is -0.609. The number of carbonyl (C=O) groups is 1. The number of rotatable bonds is 17. The third-order valence-electron chi connectivity index (χ3n) is 4.63. The number of unbranched alkanes of at least 4 members (excludes halogenated alkanes) is 9. The summed E-state index contributed by atoms with van der Waals surface area (Å²) in [5.41, 5.74) is 4.88. The number of hydrogen-bond acceptors (Lipinski definition) is 6. The average Bonchev–Trinajstić information content (AvgIpc) is 2.60. The van der Waals surface area contributed by atoms with Crippen molar-refractivity contribution in [3.05, 3.63) is 0 Å². The summed E-state index contributed by atoms with van der Waals surface area (Å²) in [5.74, 6) is -0.243. The number of hydrogen-bond donors (Lipinski definition) is 2. The number of carbonyl (C=O) groups excluding carboxylic acids is 1. The van der Waals surface area contributed by atoms with E-state index in [2.05, 4.69) is 17.8 Å². The molecule has 0 aromatic heterocycles. The molecule has 2 N–H and O–H groups in total. The first-order valence-electron chi connectivity index (χ1n) is 10.4. The Labute approximate surface area is 172 Å². The second-order valence-electron chi connectivity index (χ2n) is 8.30. The van der Waals surface area contributed by atoms with Crippen LogP contribution in [0.25, 0.3) is 0 Å². The van der Waals surface area contributed by atoms with Crippen LogP contribution in [0, 0.1) is 5.41 Å². The van der Waals surface area contributed by atoms with Crippen LogP contribution in [0.5, 0.6) is 0 Å². The molecular formula is C21H42N2O3S. The fourth-order valence-electron chi connectivity index (χ4n) is 3.22. The summed E-state index contributed by atoms with van der Waals surface area (Å²) >= 11 is 4.59. The third kappa shape index (κ3) is 14.9. The van der Waals surface area contributed by atoms with Gasteiger partial charge in [-0.15, -0.1) is 0 Å². The predicted molar refractivity (Wildman–Crippen MR) is 117 cm³/mol. The van der Waals surface area contributed by atoms with Gasteiger partial charge >= 0.3 is 5.97 Å². The largest absolute Gasteiger partial charge is 0.469 e. The maximum absolute atomic E-state index is 11.8. The summed E-state index contributed by atoms with van der Waals surface area (Å²) in [6.45, 7) is 7.07. The lowest BCUT2D eigenvalue weighted by atomic mass is 9.83. The van der Waals surface area contributed by atoms with Gasteiger partial charge in [0.05, 0.1) is 18.7 Å². The molecule has 0 saturated carbocycles. The van der Waals surface area contributed by atoms with Gasteiger partial charge in [0, 0.05) is 4.75 Å². The molecule has 0 amide bonds. The molecule has 160 valence electrons. The number of esters is 1. The zero-order chi connectivity index (χ0) is 20.6. The summed E-state index contributed by atoms with van der Waals surface area (Å²) in [6, 6.07) is 0. The van der Waals surface area contributed by atoms with E-state index in [9.17, 15) is 4.79 Å². The lowest BCUT2D eigenvalue weighted by Crippen LogP contribution is -2.34. The number of oxime groups is 1. The van der Waals surface area contributed by atoms with Crippen molar-refractivity contribution in [2.45, 2.75) is 96.1 Å². The lowest BCUT2D eigenvalue weighted by molar-refractivity contribution is -0.151. The molecule has 0 rings (SSSR count). The Balaban J connectivity index is 3.67. The molecule has 0 spiro atoms. The fraction of sp³-hybridized carbons (Fsp3) is 0.905. The van der Waals surface area contributed by atoms with Crippen LogP contribution in [0.4, 0.5) is 0 Å². The highest BCUT2D eigenvalue weighted by Crippen LogP contribution is 2.32. The van der Waals surface area contributed by atoms with Gasteiger partial charge in [-0.3, -0.25) is 4.79 Å². The fourth-order valence-corrected chi connectivity index (χ4v) is 3.66. The predicted octanol–water partition coefficient (Wildman–Crippen LogP) is 5.13. The number of thiol groups is 1. The van der Waals surface area contributed by atoms with E-state index in [-0.39, 0.29) is 5.97 Å². The maximum atomic E-state index is 11.8. The lowest BCUT2D eigenvalue weighted by Gasteiger charge is -2.29. The highest BCUT2D eigenvalue weighted by Gasteiger charge is 2.35. The van der Waals surface area contributed by atoms with Crippen LogP contribution < -0.4 is 5.73 Å². The van der Waals surface area contributed by atoms with Crippen molar-refractivity contribution in [3.8, 4) is 0 Å². The Morgan fingerprint density at radius 3 is 1.93 bits per heavy atom. The number of nitrogens with zero attached hydrogens (tertiary/aromatic N) is 1. The monoisotopic (exact) mass is 402 g/mol. The molecule has 0 heterocycles. The quantitative estimate of drug-likeness (QED) is 0.116. The van der Waals surface area contributed by atoms with Crippen molar-refractivity contribution in [1.82, 2.24) is 0 Å². The Morgan fingerprint density at radius 2 is 1.44 bits per heavy atom. The smallest absolute Gasteiger partial charge is 0.311 e. The topological polar surface area (TPSA) is 73.9 Å². The number of nitrogens with two attached hydrogens (primary N) is 1. The van der Waals surface area contributed by atoms with Crippen LogP contribution in [-0.4, -0.2) is 37.2 Å². The van der Waals surface area contributed by atoms with Crippen LogP contribution >= 0.6 is 12.6 Å². The maximum Gasteiger partial charge on any atom is 0.311 e. The van der Waals surface area contributed by atoms with Crippen molar-refractivity contribution in [1.29, 1.82) is 0 Å². The van der Waals surface area contributed by atoms with Crippen molar-refractivity contribution >= 4 is 24.8 Å². The van der Waals surface area contributed by atoms with E-state index < -0.39 is 10.2 Å². The van der Waals surface area contributed by atoms with E-state index in [1.54, 1.807) is 6.21 Å². The molecule has 5 nitrogen and oxygen atoms in total. The van der Waals surface area contributed by atoms with Crippen molar-refractivity contribution in [3.63, 3.8) is 0 Å². The van der Waals surface area contributed by atoms with Gasteiger partial charge in [-0.1, -0.05) is 50.1 Å². The molecule has 0 aromatic carbocycles. The molecule has 0 aliphatic carbocycles. The second kappa shape index (κ2) is 15.2.